The second-order valence-electron chi connectivity index (χ2n) is 6.28. The molecule has 2 heterocycles. The third-order valence-corrected chi connectivity index (χ3v) is 4.49. The van der Waals surface area contributed by atoms with Crippen molar-refractivity contribution in [2.24, 2.45) is 0 Å². The van der Waals surface area contributed by atoms with Crippen molar-refractivity contribution >= 4 is 17.3 Å². The average Bonchev–Trinajstić information content (AvgIpc) is 3.16. The highest BCUT2D eigenvalue weighted by Crippen LogP contribution is 2.34. The van der Waals surface area contributed by atoms with E-state index in [0.717, 1.165) is 18.8 Å². The predicted molar refractivity (Wildman–Crippen MR) is 94.5 cm³/mol. The Bertz CT molecular complexity index is 769. The maximum absolute atomic E-state index is 12.4. The van der Waals surface area contributed by atoms with Crippen molar-refractivity contribution in [1.29, 1.82) is 0 Å². The summed E-state index contributed by atoms with van der Waals surface area (Å²) in [5.74, 6) is 0.691. The molecule has 1 unspecified atom stereocenters. The summed E-state index contributed by atoms with van der Waals surface area (Å²) in [7, 11) is 0. The minimum absolute atomic E-state index is 0.0703. The van der Waals surface area contributed by atoms with Crippen LogP contribution in [0.5, 0.6) is 17.2 Å². The highest BCUT2D eigenvalue weighted by atomic mass is 16.6. The van der Waals surface area contributed by atoms with E-state index in [2.05, 4.69) is 10.2 Å². The first-order valence-electron chi connectivity index (χ1n) is 8.47. The molecule has 2 aromatic rings. The number of anilines is 2. The van der Waals surface area contributed by atoms with E-state index in [4.69, 9.17) is 9.47 Å². The number of carbonyl (C=O) groups is 1. The van der Waals surface area contributed by atoms with Crippen LogP contribution < -0.4 is 19.7 Å². The summed E-state index contributed by atoms with van der Waals surface area (Å²) in [6.07, 6.45) is 1.70. The summed E-state index contributed by atoms with van der Waals surface area (Å²) in [5.41, 5.74) is 1.90. The molecule has 130 valence electrons. The lowest BCUT2D eigenvalue weighted by molar-refractivity contribution is -0.125. The third kappa shape index (κ3) is 3.33. The van der Waals surface area contributed by atoms with Crippen LogP contribution in [0.1, 0.15) is 12.8 Å². The molecule has 0 saturated carbocycles. The molecule has 1 amide bonds. The second-order valence-corrected chi connectivity index (χ2v) is 6.28. The van der Waals surface area contributed by atoms with E-state index in [1.807, 2.05) is 24.3 Å². The molecule has 0 aliphatic carbocycles. The number of nitrogens with one attached hydrogen (secondary N) is 1. The first-order chi connectivity index (χ1) is 12.2. The van der Waals surface area contributed by atoms with Crippen molar-refractivity contribution in [2.45, 2.75) is 18.9 Å². The van der Waals surface area contributed by atoms with Crippen molar-refractivity contribution in [3.63, 3.8) is 0 Å². The van der Waals surface area contributed by atoms with E-state index in [0.29, 0.717) is 11.5 Å². The van der Waals surface area contributed by atoms with E-state index in [1.165, 1.54) is 30.7 Å². The lowest BCUT2D eigenvalue weighted by Gasteiger charge is -2.25. The highest BCUT2D eigenvalue weighted by Gasteiger charge is 2.27. The van der Waals surface area contributed by atoms with Gasteiger partial charge in [0.05, 0.1) is 0 Å². The zero-order valence-corrected chi connectivity index (χ0v) is 13.8. The molecule has 25 heavy (non-hydrogen) atoms. The van der Waals surface area contributed by atoms with Gasteiger partial charge in [-0.05, 0) is 49.2 Å². The quantitative estimate of drug-likeness (QED) is 0.899. The van der Waals surface area contributed by atoms with E-state index < -0.39 is 6.10 Å². The van der Waals surface area contributed by atoms with Gasteiger partial charge in [-0.1, -0.05) is 0 Å². The molecule has 6 heteroatoms. The standard InChI is InChI=1S/C19H20N2O4/c22-15-7-8-16-17(11-15)25-18(12-24-16)19(23)20-13-3-5-14(6-4-13)21-9-1-2-10-21/h3-8,11,18,22H,1-2,9-10,12H2,(H,20,23). The summed E-state index contributed by atoms with van der Waals surface area (Å²) >= 11 is 0. The number of fused-ring (bicyclic) bond motifs is 1. The van der Waals surface area contributed by atoms with Gasteiger partial charge in [0.15, 0.2) is 11.5 Å². The molecule has 1 saturated heterocycles. The molecule has 2 aliphatic heterocycles. The van der Waals surface area contributed by atoms with E-state index in [-0.39, 0.29) is 18.3 Å². The van der Waals surface area contributed by atoms with Crippen LogP contribution in [0.3, 0.4) is 0 Å². The van der Waals surface area contributed by atoms with Crippen LogP contribution in [0.25, 0.3) is 0 Å². The molecule has 0 aromatic heterocycles. The molecule has 2 aromatic carbocycles. The molecule has 2 aliphatic rings. The lowest BCUT2D eigenvalue weighted by Crippen LogP contribution is -2.40. The van der Waals surface area contributed by atoms with Crippen LogP contribution in [-0.4, -0.2) is 36.8 Å². The lowest BCUT2D eigenvalue weighted by atomic mass is 10.2. The number of phenolic OH excluding ortho intramolecular Hbond substituents is 1. The summed E-state index contributed by atoms with van der Waals surface area (Å²) < 4.78 is 11.2. The van der Waals surface area contributed by atoms with Gasteiger partial charge in [0.1, 0.15) is 12.4 Å². The molecule has 1 fully saturated rings. The van der Waals surface area contributed by atoms with E-state index in [1.54, 1.807) is 6.07 Å². The zero-order chi connectivity index (χ0) is 17.2. The Labute approximate surface area is 146 Å². The maximum Gasteiger partial charge on any atom is 0.269 e. The Morgan fingerprint density at radius 2 is 1.84 bits per heavy atom. The number of phenols is 1. The number of hydrogen-bond donors (Lipinski definition) is 2. The number of aromatic hydroxyl groups is 1. The number of nitrogens with zero attached hydrogens (tertiary/aromatic N) is 1. The van der Waals surface area contributed by atoms with Gasteiger partial charge < -0.3 is 24.8 Å². The smallest absolute Gasteiger partial charge is 0.269 e. The van der Waals surface area contributed by atoms with Crippen LogP contribution in [-0.2, 0) is 4.79 Å². The summed E-state index contributed by atoms with van der Waals surface area (Å²) in [5, 5.41) is 12.4. The Morgan fingerprint density at radius 1 is 1.08 bits per heavy atom. The van der Waals surface area contributed by atoms with Crippen molar-refractivity contribution in [3.8, 4) is 17.2 Å². The summed E-state index contributed by atoms with van der Waals surface area (Å²) in [6, 6.07) is 12.4. The fourth-order valence-electron chi connectivity index (χ4n) is 3.14. The fourth-order valence-corrected chi connectivity index (χ4v) is 3.14. The minimum Gasteiger partial charge on any atom is -0.508 e. The Kier molecular flexibility index (Phi) is 4.09. The van der Waals surface area contributed by atoms with Gasteiger partial charge in [0.2, 0.25) is 6.10 Å². The van der Waals surface area contributed by atoms with Crippen LogP contribution in [0.15, 0.2) is 42.5 Å². The van der Waals surface area contributed by atoms with Crippen LogP contribution in [0.2, 0.25) is 0 Å². The molecular formula is C19H20N2O4. The SMILES string of the molecule is O=C(Nc1ccc(N2CCCC2)cc1)C1COc2ccc(O)cc2O1. The van der Waals surface area contributed by atoms with Gasteiger partial charge in [-0.25, -0.2) is 0 Å². The molecule has 0 bridgehead atoms. The Balaban J connectivity index is 1.40. The van der Waals surface area contributed by atoms with Gasteiger partial charge in [-0.15, -0.1) is 0 Å². The van der Waals surface area contributed by atoms with Gasteiger partial charge in [-0.3, -0.25) is 4.79 Å². The van der Waals surface area contributed by atoms with Crippen molar-refractivity contribution in [2.75, 3.05) is 29.9 Å². The van der Waals surface area contributed by atoms with Crippen molar-refractivity contribution < 1.29 is 19.4 Å². The topological polar surface area (TPSA) is 71.0 Å². The number of hydrogen-bond acceptors (Lipinski definition) is 5. The number of amides is 1. The Hall–Kier alpha value is -2.89. The summed E-state index contributed by atoms with van der Waals surface area (Å²) in [4.78, 5) is 14.8. The molecular weight excluding hydrogens is 320 g/mol. The van der Waals surface area contributed by atoms with Crippen LogP contribution >= 0.6 is 0 Å². The van der Waals surface area contributed by atoms with E-state index >= 15 is 0 Å². The van der Waals surface area contributed by atoms with Gasteiger partial charge in [-0.2, -0.15) is 0 Å². The van der Waals surface area contributed by atoms with Gasteiger partial charge >= 0.3 is 0 Å². The number of rotatable bonds is 3. The molecule has 0 radical (unpaired) electrons. The fraction of sp³-hybridized carbons (Fsp3) is 0.316. The first kappa shape index (κ1) is 15.6. The highest BCUT2D eigenvalue weighted by molar-refractivity contribution is 5.94. The van der Waals surface area contributed by atoms with Crippen LogP contribution in [0, 0.1) is 0 Å². The predicted octanol–water partition coefficient (Wildman–Crippen LogP) is 2.77. The molecule has 4 rings (SSSR count). The number of benzene rings is 2. The zero-order valence-electron chi connectivity index (χ0n) is 13.8. The monoisotopic (exact) mass is 340 g/mol. The van der Waals surface area contributed by atoms with Crippen LogP contribution in [0.4, 0.5) is 11.4 Å². The first-order valence-corrected chi connectivity index (χ1v) is 8.47. The van der Waals surface area contributed by atoms with Crippen molar-refractivity contribution in [3.05, 3.63) is 42.5 Å². The number of carbonyl (C=O) groups excluding carboxylic acids is 1. The summed E-state index contributed by atoms with van der Waals surface area (Å²) in [6.45, 7) is 2.31. The molecule has 1 atom stereocenters. The minimum atomic E-state index is -0.757. The Morgan fingerprint density at radius 3 is 2.60 bits per heavy atom. The normalized spacial score (nSPS) is 18.9. The second kappa shape index (κ2) is 6.55. The van der Waals surface area contributed by atoms with Gasteiger partial charge in [0, 0.05) is 30.5 Å². The van der Waals surface area contributed by atoms with E-state index in [9.17, 15) is 9.90 Å². The molecule has 0 spiro atoms. The van der Waals surface area contributed by atoms with Gasteiger partial charge in [0.25, 0.3) is 5.91 Å². The average molecular weight is 340 g/mol. The third-order valence-electron chi connectivity index (χ3n) is 4.49. The maximum atomic E-state index is 12.4. The number of ether oxygens (including phenoxy) is 2. The van der Waals surface area contributed by atoms with Crippen molar-refractivity contribution in [1.82, 2.24) is 0 Å². The largest absolute Gasteiger partial charge is 0.508 e. The molecule has 6 nitrogen and oxygen atoms in total. The molecule has 2 N–H and O–H groups in total.